The Morgan fingerprint density at radius 2 is 1.72 bits per heavy atom. The smallest absolute Gasteiger partial charge is 0.239 e. The molecule has 1 N–H and O–H groups in total. The molecule has 7 heterocycles. The topological polar surface area (TPSA) is 109 Å². The Morgan fingerprint density at radius 1 is 0.963 bits per heavy atom. The molecule has 2 amide bonds. The number of nitrogens with zero attached hydrogens (tertiary/aromatic N) is 7. The number of amides is 2. The number of nitrogens with one attached hydrogen (secondary N) is 1. The van der Waals surface area contributed by atoms with Crippen molar-refractivity contribution < 1.29 is 23.1 Å². The molecule has 284 valence electrons. The van der Waals surface area contributed by atoms with Crippen LogP contribution in [-0.4, -0.2) is 92.6 Å². The van der Waals surface area contributed by atoms with Crippen LogP contribution in [0.15, 0.2) is 42.7 Å². The number of halogens is 2. The molecular weight excluding hydrogens is 691 g/mol. The lowest BCUT2D eigenvalue weighted by Crippen LogP contribution is -2.59. The Hall–Kier alpha value is -4.49. The Bertz CT molecular complexity index is 2170. The van der Waals surface area contributed by atoms with Gasteiger partial charge in [0.25, 0.3) is 0 Å². The van der Waals surface area contributed by atoms with Crippen molar-refractivity contribution >= 4 is 40.0 Å². The van der Waals surface area contributed by atoms with Crippen LogP contribution in [0.1, 0.15) is 78.3 Å². The highest BCUT2D eigenvalue weighted by molar-refractivity contribution is 6.09. The first-order valence-corrected chi connectivity index (χ1v) is 19.3. The Labute approximate surface area is 314 Å². The molecular formula is C41H48F2N8O3. The molecule has 5 aliphatic rings. The van der Waals surface area contributed by atoms with Crippen LogP contribution in [-0.2, 0) is 19.7 Å². The van der Waals surface area contributed by atoms with Gasteiger partial charge in [0.1, 0.15) is 5.52 Å². The van der Waals surface area contributed by atoms with Crippen molar-refractivity contribution in [1.82, 2.24) is 29.3 Å². The molecule has 0 radical (unpaired) electrons. The quantitative estimate of drug-likeness (QED) is 0.212. The van der Waals surface area contributed by atoms with E-state index < -0.39 is 22.7 Å². The molecule has 4 fully saturated rings. The van der Waals surface area contributed by atoms with Gasteiger partial charge in [-0.2, -0.15) is 13.8 Å². The van der Waals surface area contributed by atoms with Crippen LogP contribution in [0, 0.1) is 22.7 Å². The van der Waals surface area contributed by atoms with Crippen LogP contribution >= 0.6 is 0 Å². The molecule has 3 aromatic heterocycles. The van der Waals surface area contributed by atoms with E-state index >= 15 is 0 Å². The van der Waals surface area contributed by atoms with E-state index in [1.807, 2.05) is 42.4 Å². The number of likely N-dealkylation sites (tertiary alicyclic amines) is 2. The summed E-state index contributed by atoms with van der Waals surface area (Å²) in [5.74, 6) is -1.27. The van der Waals surface area contributed by atoms with E-state index in [1.54, 1.807) is 6.33 Å². The Morgan fingerprint density at radius 3 is 2.37 bits per heavy atom. The second-order valence-electron chi connectivity index (χ2n) is 17.6. The van der Waals surface area contributed by atoms with Gasteiger partial charge in [-0.15, -0.1) is 0 Å². The van der Waals surface area contributed by atoms with Gasteiger partial charge in [0.15, 0.2) is 5.82 Å². The summed E-state index contributed by atoms with van der Waals surface area (Å²) in [5, 5.41) is 3.07. The van der Waals surface area contributed by atoms with Gasteiger partial charge in [0.2, 0.25) is 23.7 Å². The zero-order valence-corrected chi connectivity index (χ0v) is 31.7. The van der Waals surface area contributed by atoms with Gasteiger partial charge in [-0.25, -0.2) is 9.97 Å². The van der Waals surface area contributed by atoms with Crippen LogP contribution < -0.4 is 10.2 Å². The predicted molar refractivity (Wildman–Crippen MR) is 201 cm³/mol. The van der Waals surface area contributed by atoms with E-state index in [9.17, 15) is 18.4 Å². The number of carbonyl (C=O) groups is 2. The largest absolute Gasteiger partial charge is 0.379 e. The summed E-state index contributed by atoms with van der Waals surface area (Å²) >= 11 is 0. The average Bonchev–Trinajstić information content (AvgIpc) is 3.77. The van der Waals surface area contributed by atoms with Crippen molar-refractivity contribution in [2.75, 3.05) is 49.6 Å². The molecule has 4 aliphatic heterocycles. The van der Waals surface area contributed by atoms with Crippen LogP contribution in [0.2, 0.25) is 0 Å². The van der Waals surface area contributed by atoms with Gasteiger partial charge >= 0.3 is 0 Å². The fraction of sp³-hybridized carbons (Fsp3) is 0.537. The summed E-state index contributed by atoms with van der Waals surface area (Å²) in [6.07, 6.45) is 5.90. The number of fused-ring (bicyclic) bond motifs is 3. The summed E-state index contributed by atoms with van der Waals surface area (Å²) in [7, 11) is 0. The van der Waals surface area contributed by atoms with E-state index in [2.05, 4.69) is 46.1 Å². The zero-order chi connectivity index (χ0) is 37.7. The Kier molecular flexibility index (Phi) is 8.17. The van der Waals surface area contributed by atoms with Crippen LogP contribution in [0.25, 0.3) is 22.3 Å². The summed E-state index contributed by atoms with van der Waals surface area (Å²) < 4.78 is 35.9. The van der Waals surface area contributed by atoms with Crippen LogP contribution in [0.5, 0.6) is 0 Å². The first kappa shape index (κ1) is 35.2. The van der Waals surface area contributed by atoms with E-state index in [0.29, 0.717) is 73.1 Å². The lowest BCUT2D eigenvalue weighted by atomic mass is 9.72. The monoisotopic (exact) mass is 738 g/mol. The zero-order valence-electron chi connectivity index (χ0n) is 31.7. The number of hydrogen-bond donors (Lipinski definition) is 1. The molecule has 1 aliphatic carbocycles. The molecule has 4 aromatic rings. The number of pyridine rings is 2. The van der Waals surface area contributed by atoms with Gasteiger partial charge in [0.05, 0.1) is 47.3 Å². The fourth-order valence-corrected chi connectivity index (χ4v) is 9.45. The summed E-state index contributed by atoms with van der Waals surface area (Å²) in [6.45, 7) is 14.8. The maximum Gasteiger partial charge on any atom is 0.239 e. The van der Waals surface area contributed by atoms with Gasteiger partial charge < -0.3 is 24.4 Å². The van der Waals surface area contributed by atoms with Crippen LogP contribution in [0.4, 0.5) is 26.0 Å². The van der Waals surface area contributed by atoms with Crippen molar-refractivity contribution in [2.45, 2.75) is 90.3 Å². The standard InChI is InChI=1S/C41H48F2N8O3/c1-24(2)50-23-44-31-19-30(46-36(34(31)50)45-29-8-9-33(42)47-35(29)43)25-6-7-28-32(16-25)51(27-17-26(18-27)49-13-10-39(3,4)20-49)38(53)41(28)11-14-48(15-12-41)37(52)40(5)21-54-22-40/h6-9,16,19,23-24,26-27H,10-15,17-18,20-22H2,1-5H3,(H,45,46)/t26-,27+. The lowest BCUT2D eigenvalue weighted by Gasteiger charge is -2.47. The number of piperidine rings is 1. The van der Waals surface area contributed by atoms with Crippen molar-refractivity contribution in [3.63, 3.8) is 0 Å². The average molecular weight is 739 g/mol. The van der Waals surface area contributed by atoms with Gasteiger partial charge in [-0.05, 0) is 94.7 Å². The normalized spacial score (nSPS) is 24.3. The van der Waals surface area contributed by atoms with Gasteiger partial charge in [-0.3, -0.25) is 14.5 Å². The van der Waals surface area contributed by atoms with Crippen molar-refractivity contribution in [2.24, 2.45) is 10.8 Å². The number of aromatic nitrogens is 4. The van der Waals surface area contributed by atoms with Crippen molar-refractivity contribution in [3.8, 4) is 11.3 Å². The molecule has 11 nitrogen and oxygen atoms in total. The highest BCUT2D eigenvalue weighted by atomic mass is 19.1. The summed E-state index contributed by atoms with van der Waals surface area (Å²) in [5.41, 5.74) is 3.76. The molecule has 13 heteroatoms. The number of imidazole rings is 1. The molecule has 9 rings (SSSR count). The first-order chi connectivity index (χ1) is 25.7. The van der Waals surface area contributed by atoms with E-state index in [-0.39, 0.29) is 29.6 Å². The lowest BCUT2D eigenvalue weighted by molar-refractivity contribution is -0.170. The Balaban J connectivity index is 1.08. The number of carbonyl (C=O) groups excluding carboxylic acids is 2. The number of hydrogen-bond acceptors (Lipinski definition) is 8. The molecule has 0 atom stereocenters. The van der Waals surface area contributed by atoms with Crippen LogP contribution in [0.3, 0.4) is 0 Å². The van der Waals surface area contributed by atoms with Crippen molar-refractivity contribution in [1.29, 1.82) is 0 Å². The third-order valence-corrected chi connectivity index (χ3v) is 12.8. The van der Waals surface area contributed by atoms with E-state index in [0.717, 1.165) is 48.8 Å². The minimum absolute atomic E-state index is 0.00361. The van der Waals surface area contributed by atoms with Crippen molar-refractivity contribution in [3.05, 3.63) is 60.2 Å². The number of anilines is 3. The number of ether oxygens (including phenoxy) is 1. The molecule has 0 bridgehead atoms. The summed E-state index contributed by atoms with van der Waals surface area (Å²) in [4.78, 5) is 48.1. The molecule has 1 spiro atoms. The molecule has 54 heavy (non-hydrogen) atoms. The molecule has 3 saturated heterocycles. The molecule has 1 saturated carbocycles. The van der Waals surface area contributed by atoms with Gasteiger partial charge in [0, 0.05) is 49.0 Å². The highest BCUT2D eigenvalue weighted by Crippen LogP contribution is 2.53. The van der Waals surface area contributed by atoms with Gasteiger partial charge in [-0.1, -0.05) is 26.0 Å². The minimum Gasteiger partial charge on any atom is -0.379 e. The predicted octanol–water partition coefficient (Wildman–Crippen LogP) is 6.60. The first-order valence-electron chi connectivity index (χ1n) is 19.3. The second kappa shape index (κ2) is 12.5. The minimum atomic E-state index is -0.970. The molecule has 0 unspecified atom stereocenters. The maximum atomic E-state index is 14.9. The SMILES string of the molecule is CC(C)n1cnc2cc(-c3ccc4c(c3)N([C@H]3C[C@@H](N5CCC(C)(C)C5)C3)C(=O)C43CCN(C(=O)C4(C)COC4)CC3)nc(Nc3ccc(F)nc3F)c21. The third kappa shape index (κ3) is 5.60. The van der Waals surface area contributed by atoms with E-state index in [4.69, 9.17) is 14.7 Å². The number of rotatable bonds is 7. The molecule has 1 aromatic carbocycles. The fourth-order valence-electron chi connectivity index (χ4n) is 9.45. The third-order valence-electron chi connectivity index (χ3n) is 12.8. The van der Waals surface area contributed by atoms with E-state index in [1.165, 1.54) is 12.5 Å². The summed E-state index contributed by atoms with van der Waals surface area (Å²) in [6, 6.07) is 11.1. The second-order valence-corrected chi connectivity index (χ2v) is 17.6. The number of benzene rings is 1. The highest BCUT2D eigenvalue weighted by Gasteiger charge is 2.57. The maximum absolute atomic E-state index is 14.9.